The second-order valence-corrected chi connectivity index (χ2v) is 4.50. The van der Waals surface area contributed by atoms with Crippen molar-refractivity contribution in [3.8, 4) is 5.88 Å². The summed E-state index contributed by atoms with van der Waals surface area (Å²) in [5.74, 6) is -0.884. The van der Waals surface area contributed by atoms with Crippen LogP contribution in [0, 0.1) is 0 Å². The molecule has 1 aromatic heterocycles. The SMILES string of the molecule is CNC(CCCN(C)C)Oc1ncccc1C(=O)O.[KH]. The van der Waals surface area contributed by atoms with Crippen LogP contribution >= 0.6 is 0 Å². The maximum atomic E-state index is 11.0. The van der Waals surface area contributed by atoms with Crippen LogP contribution in [-0.4, -0.2) is 106 Å². The first kappa shape index (κ1) is 20.0. The van der Waals surface area contributed by atoms with E-state index in [9.17, 15) is 4.79 Å². The van der Waals surface area contributed by atoms with Gasteiger partial charge in [-0.05, 0) is 52.7 Å². The summed E-state index contributed by atoms with van der Waals surface area (Å²) < 4.78 is 5.62. The molecule has 1 heterocycles. The summed E-state index contributed by atoms with van der Waals surface area (Å²) in [5.41, 5.74) is 0.0790. The van der Waals surface area contributed by atoms with Gasteiger partial charge in [0.05, 0.1) is 0 Å². The van der Waals surface area contributed by atoms with E-state index in [2.05, 4.69) is 15.2 Å². The molecular formula is C13H22KN3O3. The first-order valence-electron chi connectivity index (χ1n) is 6.21. The molecule has 1 aromatic rings. The first-order chi connectivity index (χ1) is 9.04. The van der Waals surface area contributed by atoms with Gasteiger partial charge < -0.3 is 14.7 Å². The molecular weight excluding hydrogens is 285 g/mol. The summed E-state index contributed by atoms with van der Waals surface area (Å²) >= 11 is 0. The molecule has 1 rings (SSSR count). The standard InChI is InChI=1S/C13H21N3O3.K.H/c1-14-11(7-5-9-16(2)3)19-12-10(13(17)18)6-4-8-15-12;;/h4,6,8,11,14H,5,7,9H2,1-3H3,(H,17,18);;. The quantitative estimate of drug-likeness (QED) is 0.535. The van der Waals surface area contributed by atoms with Crippen molar-refractivity contribution < 1.29 is 14.6 Å². The van der Waals surface area contributed by atoms with Gasteiger partial charge in [0.1, 0.15) is 5.56 Å². The molecule has 0 fully saturated rings. The summed E-state index contributed by atoms with van der Waals surface area (Å²) in [6.07, 6.45) is 3.01. The summed E-state index contributed by atoms with van der Waals surface area (Å²) in [6, 6.07) is 3.06. The predicted molar refractivity (Wildman–Crippen MR) is 79.6 cm³/mol. The van der Waals surface area contributed by atoms with Crippen LogP contribution in [0.15, 0.2) is 18.3 Å². The predicted octanol–water partition coefficient (Wildman–Crippen LogP) is 0.397. The third-order valence-corrected chi connectivity index (χ3v) is 2.65. The number of aromatic nitrogens is 1. The van der Waals surface area contributed by atoms with E-state index in [0.717, 1.165) is 19.4 Å². The van der Waals surface area contributed by atoms with Gasteiger partial charge in [-0.1, -0.05) is 0 Å². The average molecular weight is 307 g/mol. The molecule has 0 saturated heterocycles. The number of carbonyl (C=O) groups is 1. The number of nitrogens with one attached hydrogen (secondary N) is 1. The zero-order chi connectivity index (χ0) is 14.3. The van der Waals surface area contributed by atoms with Crippen LogP contribution in [0.4, 0.5) is 0 Å². The first-order valence-corrected chi connectivity index (χ1v) is 6.21. The van der Waals surface area contributed by atoms with Crippen LogP contribution < -0.4 is 10.1 Å². The van der Waals surface area contributed by atoms with E-state index < -0.39 is 5.97 Å². The number of carboxylic acid groups (broad SMARTS) is 1. The minimum absolute atomic E-state index is 0. The van der Waals surface area contributed by atoms with Gasteiger partial charge in [0.15, 0.2) is 6.23 Å². The van der Waals surface area contributed by atoms with Crippen LogP contribution in [0.3, 0.4) is 0 Å². The Bertz CT molecular complexity index is 416. The zero-order valence-electron chi connectivity index (χ0n) is 11.6. The number of carboxylic acids is 1. The molecule has 0 spiro atoms. The van der Waals surface area contributed by atoms with Gasteiger partial charge in [0.25, 0.3) is 0 Å². The Morgan fingerprint density at radius 3 is 2.80 bits per heavy atom. The van der Waals surface area contributed by atoms with Crippen molar-refractivity contribution >= 4 is 57.4 Å². The number of aromatic carboxylic acids is 1. The van der Waals surface area contributed by atoms with Gasteiger partial charge in [-0.3, -0.25) is 5.32 Å². The Kier molecular flexibility index (Phi) is 10.7. The van der Waals surface area contributed by atoms with Crippen molar-refractivity contribution in [2.45, 2.75) is 19.1 Å². The van der Waals surface area contributed by atoms with E-state index in [0.29, 0.717) is 0 Å². The Labute approximate surface area is 162 Å². The molecule has 7 heteroatoms. The van der Waals surface area contributed by atoms with Gasteiger partial charge in [0, 0.05) is 6.20 Å². The van der Waals surface area contributed by atoms with Crippen molar-refractivity contribution in [2.75, 3.05) is 27.7 Å². The topological polar surface area (TPSA) is 74.7 Å². The fourth-order valence-electron chi connectivity index (χ4n) is 1.64. The Hall–Kier alpha value is -0.0236. The molecule has 0 amide bonds. The molecule has 0 aliphatic heterocycles. The molecule has 0 saturated carbocycles. The molecule has 108 valence electrons. The van der Waals surface area contributed by atoms with Crippen molar-refractivity contribution in [1.29, 1.82) is 0 Å². The minimum atomic E-state index is -1.04. The molecule has 0 aromatic carbocycles. The molecule has 0 aliphatic carbocycles. The van der Waals surface area contributed by atoms with Crippen molar-refractivity contribution in [2.24, 2.45) is 0 Å². The van der Waals surface area contributed by atoms with Crippen LogP contribution in [0.5, 0.6) is 5.88 Å². The van der Waals surface area contributed by atoms with Gasteiger partial charge in [-0.2, -0.15) is 0 Å². The van der Waals surface area contributed by atoms with Crippen molar-refractivity contribution in [3.63, 3.8) is 0 Å². The number of ether oxygens (including phenoxy) is 1. The summed E-state index contributed by atoms with van der Waals surface area (Å²) in [4.78, 5) is 17.1. The van der Waals surface area contributed by atoms with Gasteiger partial charge in [0.2, 0.25) is 5.88 Å². The maximum absolute atomic E-state index is 11.0. The van der Waals surface area contributed by atoms with E-state index in [4.69, 9.17) is 9.84 Å². The Balaban J connectivity index is 0.00000361. The molecule has 0 aliphatic rings. The third kappa shape index (κ3) is 7.12. The zero-order valence-corrected chi connectivity index (χ0v) is 11.6. The van der Waals surface area contributed by atoms with E-state index >= 15 is 0 Å². The Morgan fingerprint density at radius 1 is 1.55 bits per heavy atom. The second-order valence-electron chi connectivity index (χ2n) is 4.50. The molecule has 1 atom stereocenters. The number of hydrogen-bond donors (Lipinski definition) is 2. The Morgan fingerprint density at radius 2 is 2.25 bits per heavy atom. The number of rotatable bonds is 8. The van der Waals surface area contributed by atoms with E-state index in [1.165, 1.54) is 12.3 Å². The number of nitrogens with zero attached hydrogens (tertiary/aromatic N) is 2. The van der Waals surface area contributed by atoms with Crippen molar-refractivity contribution in [3.05, 3.63) is 23.9 Å². The third-order valence-electron chi connectivity index (χ3n) is 2.65. The molecule has 2 N–H and O–H groups in total. The summed E-state index contributed by atoms with van der Waals surface area (Å²) in [7, 11) is 5.80. The van der Waals surface area contributed by atoms with Gasteiger partial charge in [-0.15, -0.1) is 0 Å². The van der Waals surface area contributed by atoms with E-state index in [1.54, 1.807) is 13.1 Å². The monoisotopic (exact) mass is 307 g/mol. The molecule has 20 heavy (non-hydrogen) atoms. The van der Waals surface area contributed by atoms with Crippen LogP contribution in [0.25, 0.3) is 0 Å². The molecule has 1 unspecified atom stereocenters. The van der Waals surface area contributed by atoms with Gasteiger partial charge in [-0.25, -0.2) is 9.78 Å². The summed E-state index contributed by atoms with van der Waals surface area (Å²) in [5, 5.41) is 12.1. The van der Waals surface area contributed by atoms with Crippen LogP contribution in [0.1, 0.15) is 23.2 Å². The second kappa shape index (κ2) is 10.7. The normalized spacial score (nSPS) is 11.8. The molecule has 0 bridgehead atoms. The van der Waals surface area contributed by atoms with Gasteiger partial charge >= 0.3 is 57.4 Å². The molecule has 6 nitrogen and oxygen atoms in total. The average Bonchev–Trinajstić information content (AvgIpc) is 2.37. The van der Waals surface area contributed by atoms with Crippen LogP contribution in [-0.2, 0) is 0 Å². The van der Waals surface area contributed by atoms with E-state index in [1.807, 2.05) is 14.1 Å². The van der Waals surface area contributed by atoms with Crippen molar-refractivity contribution in [1.82, 2.24) is 15.2 Å². The summed E-state index contributed by atoms with van der Waals surface area (Å²) in [6.45, 7) is 0.954. The van der Waals surface area contributed by atoms with E-state index in [-0.39, 0.29) is 69.1 Å². The fraction of sp³-hybridized carbons (Fsp3) is 0.538. The number of pyridine rings is 1. The fourth-order valence-corrected chi connectivity index (χ4v) is 1.64. The number of hydrogen-bond acceptors (Lipinski definition) is 5. The van der Waals surface area contributed by atoms with Crippen LogP contribution in [0.2, 0.25) is 0 Å². The molecule has 0 radical (unpaired) electrons.